The highest BCUT2D eigenvalue weighted by Gasteiger charge is 2.13. The van der Waals surface area contributed by atoms with Crippen LogP contribution in [0.4, 0.5) is 0 Å². The van der Waals surface area contributed by atoms with E-state index in [1.54, 1.807) is 7.11 Å². The van der Waals surface area contributed by atoms with Crippen LogP contribution in [0.3, 0.4) is 0 Å². The Labute approximate surface area is 149 Å². The molecule has 1 aliphatic rings. The lowest BCUT2D eigenvalue weighted by molar-refractivity contribution is 0.0273. The van der Waals surface area contributed by atoms with Gasteiger partial charge in [-0.25, -0.2) is 0 Å². The minimum atomic E-state index is -0.0321. The second-order valence-electron chi connectivity index (χ2n) is 6.67. The maximum atomic E-state index is 12.3. The summed E-state index contributed by atoms with van der Waals surface area (Å²) >= 11 is 0. The summed E-state index contributed by atoms with van der Waals surface area (Å²) in [5.41, 5.74) is 0.686. The standard InChI is InChI=1S/C21H27NO3/c1-24-20-11-10-16-14-18(9-8-17(16)15-20)21(23)22-12-5-13-25-19-6-3-2-4-7-19/h8-11,14-15,19H,2-7,12-13H2,1H3,(H,22,23). The summed E-state index contributed by atoms with van der Waals surface area (Å²) in [6.45, 7) is 1.37. The lowest BCUT2D eigenvalue weighted by Crippen LogP contribution is -2.26. The highest BCUT2D eigenvalue weighted by Crippen LogP contribution is 2.22. The van der Waals surface area contributed by atoms with E-state index in [1.807, 2.05) is 36.4 Å². The summed E-state index contributed by atoms with van der Waals surface area (Å²) in [4.78, 5) is 12.3. The fourth-order valence-corrected chi connectivity index (χ4v) is 3.35. The molecule has 25 heavy (non-hydrogen) atoms. The zero-order valence-electron chi connectivity index (χ0n) is 14.9. The zero-order chi connectivity index (χ0) is 17.5. The van der Waals surface area contributed by atoms with Crippen molar-refractivity contribution in [2.24, 2.45) is 0 Å². The molecular formula is C21H27NO3. The van der Waals surface area contributed by atoms with Crippen LogP contribution in [0, 0.1) is 0 Å². The first-order chi connectivity index (χ1) is 12.3. The van der Waals surface area contributed by atoms with Crippen LogP contribution in [0.2, 0.25) is 0 Å². The Morgan fingerprint density at radius 3 is 2.64 bits per heavy atom. The molecule has 4 nitrogen and oxygen atoms in total. The maximum Gasteiger partial charge on any atom is 0.251 e. The Morgan fingerprint density at radius 2 is 1.84 bits per heavy atom. The molecule has 0 aliphatic heterocycles. The van der Waals surface area contributed by atoms with Gasteiger partial charge in [0.1, 0.15) is 5.75 Å². The second-order valence-corrected chi connectivity index (χ2v) is 6.67. The first-order valence-electron chi connectivity index (χ1n) is 9.24. The molecule has 2 aromatic rings. The van der Waals surface area contributed by atoms with Crippen molar-refractivity contribution in [2.45, 2.75) is 44.6 Å². The molecule has 0 spiro atoms. The minimum absolute atomic E-state index is 0.0321. The molecule has 0 aromatic heterocycles. The first kappa shape index (κ1) is 17.7. The Morgan fingerprint density at radius 1 is 1.08 bits per heavy atom. The van der Waals surface area contributed by atoms with Crippen molar-refractivity contribution in [1.82, 2.24) is 5.32 Å². The molecule has 0 heterocycles. The van der Waals surface area contributed by atoms with Crippen molar-refractivity contribution >= 4 is 16.7 Å². The second kappa shape index (κ2) is 8.86. The van der Waals surface area contributed by atoms with E-state index >= 15 is 0 Å². The Balaban J connectivity index is 1.45. The maximum absolute atomic E-state index is 12.3. The highest BCUT2D eigenvalue weighted by molar-refractivity contribution is 5.98. The summed E-state index contributed by atoms with van der Waals surface area (Å²) in [5, 5.41) is 5.08. The predicted molar refractivity (Wildman–Crippen MR) is 100 cm³/mol. The zero-order valence-corrected chi connectivity index (χ0v) is 14.9. The summed E-state index contributed by atoms with van der Waals surface area (Å²) in [6.07, 6.45) is 7.58. The van der Waals surface area contributed by atoms with Gasteiger partial charge < -0.3 is 14.8 Å². The van der Waals surface area contributed by atoms with Gasteiger partial charge in [-0.2, -0.15) is 0 Å². The van der Waals surface area contributed by atoms with Gasteiger partial charge in [-0.3, -0.25) is 4.79 Å². The van der Waals surface area contributed by atoms with Crippen LogP contribution in [0.15, 0.2) is 36.4 Å². The van der Waals surface area contributed by atoms with Gasteiger partial charge in [0.15, 0.2) is 0 Å². The number of ether oxygens (including phenoxy) is 2. The van der Waals surface area contributed by atoms with Crippen molar-refractivity contribution in [2.75, 3.05) is 20.3 Å². The highest BCUT2D eigenvalue weighted by atomic mass is 16.5. The topological polar surface area (TPSA) is 47.6 Å². The average molecular weight is 341 g/mol. The number of hydrogen-bond donors (Lipinski definition) is 1. The van der Waals surface area contributed by atoms with Crippen LogP contribution in [0.25, 0.3) is 10.8 Å². The third-order valence-corrected chi connectivity index (χ3v) is 4.82. The van der Waals surface area contributed by atoms with Crippen LogP contribution in [-0.4, -0.2) is 32.3 Å². The van der Waals surface area contributed by atoms with Crippen molar-refractivity contribution in [3.05, 3.63) is 42.0 Å². The fourth-order valence-electron chi connectivity index (χ4n) is 3.35. The summed E-state index contributed by atoms with van der Waals surface area (Å²) in [6, 6.07) is 11.6. The summed E-state index contributed by atoms with van der Waals surface area (Å²) in [5.74, 6) is 0.790. The first-order valence-corrected chi connectivity index (χ1v) is 9.24. The Hall–Kier alpha value is -2.07. The van der Waals surface area contributed by atoms with Crippen LogP contribution in [-0.2, 0) is 4.74 Å². The van der Waals surface area contributed by atoms with E-state index in [0.29, 0.717) is 18.2 Å². The molecule has 0 unspecified atom stereocenters. The molecule has 2 aromatic carbocycles. The molecule has 0 radical (unpaired) electrons. The predicted octanol–water partition coefficient (Wildman–Crippen LogP) is 4.32. The van der Waals surface area contributed by atoms with E-state index < -0.39 is 0 Å². The molecule has 1 aliphatic carbocycles. The van der Waals surface area contributed by atoms with Gasteiger partial charge in [0.2, 0.25) is 0 Å². The van der Waals surface area contributed by atoms with E-state index in [-0.39, 0.29) is 5.91 Å². The normalized spacial score (nSPS) is 15.2. The fraction of sp³-hybridized carbons (Fsp3) is 0.476. The van der Waals surface area contributed by atoms with E-state index in [2.05, 4.69) is 5.32 Å². The molecule has 0 saturated heterocycles. The molecule has 1 fully saturated rings. The van der Waals surface area contributed by atoms with Gasteiger partial charge in [0.25, 0.3) is 5.91 Å². The SMILES string of the molecule is COc1ccc2cc(C(=O)NCCCOC3CCCCC3)ccc2c1. The smallest absolute Gasteiger partial charge is 0.251 e. The van der Waals surface area contributed by atoms with Gasteiger partial charge in [0.05, 0.1) is 13.2 Å². The third-order valence-electron chi connectivity index (χ3n) is 4.82. The lowest BCUT2D eigenvalue weighted by Gasteiger charge is -2.21. The number of hydrogen-bond acceptors (Lipinski definition) is 3. The third kappa shape index (κ3) is 4.95. The van der Waals surface area contributed by atoms with Gasteiger partial charge in [0, 0.05) is 18.7 Å². The van der Waals surface area contributed by atoms with Crippen molar-refractivity contribution in [1.29, 1.82) is 0 Å². The number of carbonyl (C=O) groups excluding carboxylic acids is 1. The number of nitrogens with one attached hydrogen (secondary N) is 1. The lowest BCUT2D eigenvalue weighted by atomic mass is 9.98. The Bertz CT molecular complexity index is 707. The summed E-state index contributed by atoms with van der Waals surface area (Å²) in [7, 11) is 1.65. The van der Waals surface area contributed by atoms with Crippen molar-refractivity contribution in [3.63, 3.8) is 0 Å². The quantitative estimate of drug-likeness (QED) is 0.763. The van der Waals surface area contributed by atoms with Crippen molar-refractivity contribution < 1.29 is 14.3 Å². The van der Waals surface area contributed by atoms with E-state index in [0.717, 1.165) is 29.5 Å². The molecule has 3 rings (SSSR count). The number of carbonyl (C=O) groups is 1. The van der Waals surface area contributed by atoms with E-state index in [9.17, 15) is 4.79 Å². The van der Waals surface area contributed by atoms with Gasteiger partial charge in [-0.05, 0) is 54.3 Å². The van der Waals surface area contributed by atoms with Crippen LogP contribution in [0.1, 0.15) is 48.9 Å². The van der Waals surface area contributed by atoms with Crippen LogP contribution in [0.5, 0.6) is 5.75 Å². The number of benzene rings is 2. The van der Waals surface area contributed by atoms with Crippen LogP contribution >= 0.6 is 0 Å². The average Bonchev–Trinajstić information content (AvgIpc) is 2.67. The van der Waals surface area contributed by atoms with Gasteiger partial charge >= 0.3 is 0 Å². The molecule has 0 bridgehead atoms. The van der Waals surface area contributed by atoms with Crippen molar-refractivity contribution in [3.8, 4) is 5.75 Å². The number of fused-ring (bicyclic) bond motifs is 1. The molecule has 1 N–H and O–H groups in total. The molecule has 134 valence electrons. The van der Waals surface area contributed by atoms with Gasteiger partial charge in [-0.15, -0.1) is 0 Å². The molecule has 0 atom stereocenters. The number of methoxy groups -OCH3 is 1. The van der Waals surface area contributed by atoms with E-state index in [4.69, 9.17) is 9.47 Å². The number of rotatable bonds is 7. The number of amides is 1. The molecular weight excluding hydrogens is 314 g/mol. The van der Waals surface area contributed by atoms with Gasteiger partial charge in [-0.1, -0.05) is 31.4 Å². The largest absolute Gasteiger partial charge is 0.497 e. The molecule has 1 saturated carbocycles. The Kier molecular flexibility index (Phi) is 6.29. The monoisotopic (exact) mass is 341 g/mol. The minimum Gasteiger partial charge on any atom is -0.497 e. The van der Waals surface area contributed by atoms with E-state index in [1.165, 1.54) is 32.1 Å². The van der Waals surface area contributed by atoms with Crippen LogP contribution < -0.4 is 10.1 Å². The molecule has 1 amide bonds. The summed E-state index contributed by atoms with van der Waals surface area (Å²) < 4.78 is 11.1. The molecule has 4 heteroatoms.